The zero-order chi connectivity index (χ0) is 20.6. The lowest BCUT2D eigenvalue weighted by Gasteiger charge is -2.30. The first-order chi connectivity index (χ1) is 14.0. The molecule has 2 N–H and O–H groups in total. The van der Waals surface area contributed by atoms with Crippen molar-refractivity contribution < 1.29 is 14.3 Å². The van der Waals surface area contributed by atoms with E-state index in [2.05, 4.69) is 22.5 Å². The Hall–Kier alpha value is -1.99. The van der Waals surface area contributed by atoms with Gasteiger partial charge in [0.05, 0.1) is 6.61 Å². The van der Waals surface area contributed by atoms with Crippen LogP contribution in [0.4, 0.5) is 5.69 Å². The Labute approximate surface area is 177 Å². The average molecular weight is 418 g/mol. The molecule has 0 spiro atoms. The second-order valence-corrected chi connectivity index (χ2v) is 8.82. The molecule has 0 bridgehead atoms. The Kier molecular flexibility index (Phi) is 8.00. The summed E-state index contributed by atoms with van der Waals surface area (Å²) in [7, 11) is 0. The number of thioether (sulfide) groups is 1. The molecule has 6 nitrogen and oxygen atoms in total. The van der Waals surface area contributed by atoms with Gasteiger partial charge in [-0.1, -0.05) is 13.0 Å². The summed E-state index contributed by atoms with van der Waals surface area (Å²) in [6, 6.07) is 5.37. The number of ether oxygens (including phenoxy) is 1. The number of nitrogens with zero attached hydrogens (tertiary/aromatic N) is 1. The van der Waals surface area contributed by atoms with Gasteiger partial charge in [-0.15, -0.1) is 11.8 Å². The first-order valence-corrected chi connectivity index (χ1v) is 11.4. The topological polar surface area (TPSA) is 70.7 Å². The fourth-order valence-corrected chi connectivity index (χ4v) is 4.29. The summed E-state index contributed by atoms with van der Waals surface area (Å²) in [5, 5.41) is 7.58. The number of carbonyl (C=O) groups is 2. The van der Waals surface area contributed by atoms with E-state index < -0.39 is 0 Å². The highest BCUT2D eigenvalue weighted by Crippen LogP contribution is 2.21. The molecule has 0 unspecified atom stereocenters. The SMILES string of the molecule is Cc1ccc(C(=O)NCCCN2CCC[C@H](C)C2)cc1NC(=O)C1=CSCCO1. The van der Waals surface area contributed by atoms with Crippen molar-refractivity contribution in [3.05, 3.63) is 40.5 Å². The quantitative estimate of drug-likeness (QED) is 0.666. The van der Waals surface area contributed by atoms with Crippen molar-refractivity contribution in [2.45, 2.75) is 33.1 Å². The van der Waals surface area contributed by atoms with Crippen molar-refractivity contribution in [3.8, 4) is 0 Å². The lowest BCUT2D eigenvalue weighted by Crippen LogP contribution is -2.36. The number of carbonyl (C=O) groups excluding carboxylic acids is 2. The fourth-order valence-electron chi connectivity index (χ4n) is 3.67. The first kappa shape index (κ1) is 21.7. The van der Waals surface area contributed by atoms with Crippen molar-refractivity contribution in [2.24, 2.45) is 5.92 Å². The standard InChI is InChI=1S/C22H31N3O3S/c1-16-5-3-9-25(14-16)10-4-8-23-21(26)18-7-6-17(2)19(13-18)24-22(27)20-15-29-12-11-28-20/h6-7,13,15-16H,3-5,8-12,14H2,1-2H3,(H,23,26)(H,24,27)/t16-/m0/s1. The zero-order valence-electron chi connectivity index (χ0n) is 17.3. The number of likely N-dealkylation sites (tertiary alicyclic amines) is 1. The highest BCUT2D eigenvalue weighted by Gasteiger charge is 2.17. The van der Waals surface area contributed by atoms with Crippen LogP contribution in [0.1, 0.15) is 42.1 Å². The van der Waals surface area contributed by atoms with Crippen LogP contribution in [-0.4, -0.2) is 55.3 Å². The third-order valence-corrected chi connectivity index (χ3v) is 6.08. The summed E-state index contributed by atoms with van der Waals surface area (Å²) in [6.45, 7) is 8.73. The molecule has 0 saturated carbocycles. The van der Waals surface area contributed by atoms with Gasteiger partial charge >= 0.3 is 0 Å². The van der Waals surface area contributed by atoms with Crippen LogP contribution in [0.3, 0.4) is 0 Å². The van der Waals surface area contributed by atoms with Crippen molar-refractivity contribution in [1.82, 2.24) is 10.2 Å². The number of piperidine rings is 1. The lowest BCUT2D eigenvalue weighted by atomic mass is 10.0. The predicted octanol–water partition coefficient (Wildman–Crippen LogP) is 3.39. The second kappa shape index (κ2) is 10.7. The predicted molar refractivity (Wildman–Crippen MR) is 118 cm³/mol. The van der Waals surface area contributed by atoms with Crippen LogP contribution >= 0.6 is 11.8 Å². The molecule has 0 radical (unpaired) electrons. The van der Waals surface area contributed by atoms with Crippen molar-refractivity contribution >= 4 is 29.3 Å². The largest absolute Gasteiger partial charge is 0.487 e. The fraction of sp³-hybridized carbons (Fsp3) is 0.545. The molecule has 2 heterocycles. The first-order valence-electron chi connectivity index (χ1n) is 10.4. The summed E-state index contributed by atoms with van der Waals surface area (Å²) in [6.07, 6.45) is 3.53. The third kappa shape index (κ3) is 6.51. The van der Waals surface area contributed by atoms with Crippen molar-refractivity contribution in [3.63, 3.8) is 0 Å². The minimum atomic E-state index is -0.284. The van der Waals surface area contributed by atoms with Gasteiger partial charge in [0.25, 0.3) is 11.8 Å². The summed E-state index contributed by atoms with van der Waals surface area (Å²) < 4.78 is 5.40. The number of benzene rings is 1. The van der Waals surface area contributed by atoms with Crippen LogP contribution in [0.2, 0.25) is 0 Å². The molecule has 7 heteroatoms. The Morgan fingerprint density at radius 2 is 2.17 bits per heavy atom. The maximum absolute atomic E-state index is 12.5. The van der Waals surface area contributed by atoms with Gasteiger partial charge in [0.2, 0.25) is 0 Å². The molecular formula is C22H31N3O3S. The summed E-state index contributed by atoms with van der Waals surface area (Å²) in [5.74, 6) is 1.54. The minimum absolute atomic E-state index is 0.115. The van der Waals surface area contributed by atoms with Gasteiger partial charge in [-0.3, -0.25) is 9.59 Å². The van der Waals surface area contributed by atoms with Crippen LogP contribution in [0.25, 0.3) is 0 Å². The summed E-state index contributed by atoms with van der Waals surface area (Å²) in [5.41, 5.74) is 2.08. The van der Waals surface area contributed by atoms with Gasteiger partial charge in [0.1, 0.15) is 0 Å². The van der Waals surface area contributed by atoms with Crippen molar-refractivity contribution in [1.29, 1.82) is 0 Å². The van der Waals surface area contributed by atoms with E-state index in [0.717, 1.165) is 43.3 Å². The molecule has 0 aromatic heterocycles. The molecule has 3 rings (SSSR count). The van der Waals surface area contributed by atoms with Crippen molar-refractivity contribution in [2.75, 3.05) is 43.9 Å². The monoisotopic (exact) mass is 417 g/mol. The van der Waals surface area contributed by atoms with E-state index in [1.54, 1.807) is 29.3 Å². The second-order valence-electron chi connectivity index (χ2n) is 7.84. The highest BCUT2D eigenvalue weighted by molar-refractivity contribution is 8.02. The minimum Gasteiger partial charge on any atom is -0.487 e. The smallest absolute Gasteiger partial charge is 0.291 e. The molecule has 2 aliphatic rings. The molecule has 2 amide bonds. The normalized spacial score (nSPS) is 19.8. The molecule has 29 heavy (non-hydrogen) atoms. The number of hydrogen-bond acceptors (Lipinski definition) is 5. The zero-order valence-corrected chi connectivity index (χ0v) is 18.1. The third-order valence-electron chi connectivity index (χ3n) is 5.30. The molecule has 1 atom stereocenters. The van der Waals surface area contributed by atoms with E-state index in [0.29, 0.717) is 30.2 Å². The van der Waals surface area contributed by atoms with E-state index in [4.69, 9.17) is 4.74 Å². The molecule has 2 aliphatic heterocycles. The number of amides is 2. The van der Waals surface area contributed by atoms with E-state index >= 15 is 0 Å². The van der Waals surface area contributed by atoms with E-state index in [1.165, 1.54) is 12.8 Å². The van der Waals surface area contributed by atoms with Crippen LogP contribution in [0, 0.1) is 12.8 Å². The number of nitrogens with one attached hydrogen (secondary N) is 2. The van der Waals surface area contributed by atoms with Gasteiger partial charge in [-0.2, -0.15) is 0 Å². The van der Waals surface area contributed by atoms with Crippen LogP contribution < -0.4 is 10.6 Å². The molecule has 1 aromatic carbocycles. The Balaban J connectivity index is 1.49. The Morgan fingerprint density at radius 3 is 2.93 bits per heavy atom. The maximum atomic E-state index is 12.5. The highest BCUT2D eigenvalue weighted by atomic mass is 32.2. The number of hydrogen-bond donors (Lipinski definition) is 2. The number of aryl methyl sites for hydroxylation is 1. The summed E-state index contributed by atoms with van der Waals surface area (Å²) in [4.78, 5) is 27.4. The Bertz CT molecular complexity index is 766. The van der Waals surface area contributed by atoms with E-state index in [1.807, 2.05) is 13.0 Å². The van der Waals surface area contributed by atoms with E-state index in [-0.39, 0.29) is 11.8 Å². The maximum Gasteiger partial charge on any atom is 0.291 e. The molecule has 158 valence electrons. The van der Waals surface area contributed by atoms with Gasteiger partial charge in [-0.05, 0) is 62.9 Å². The molecular weight excluding hydrogens is 386 g/mol. The van der Waals surface area contributed by atoms with Gasteiger partial charge in [0.15, 0.2) is 5.76 Å². The molecule has 1 aromatic rings. The summed E-state index contributed by atoms with van der Waals surface area (Å²) >= 11 is 1.56. The van der Waals surface area contributed by atoms with Crippen LogP contribution in [0.5, 0.6) is 0 Å². The van der Waals surface area contributed by atoms with Gasteiger partial charge in [-0.25, -0.2) is 0 Å². The van der Waals surface area contributed by atoms with Crippen LogP contribution in [-0.2, 0) is 9.53 Å². The van der Waals surface area contributed by atoms with Crippen LogP contribution in [0.15, 0.2) is 29.4 Å². The molecule has 1 fully saturated rings. The van der Waals surface area contributed by atoms with Gasteiger partial charge < -0.3 is 20.3 Å². The molecule has 1 saturated heterocycles. The molecule has 0 aliphatic carbocycles. The lowest BCUT2D eigenvalue weighted by molar-refractivity contribution is -0.116. The number of anilines is 1. The van der Waals surface area contributed by atoms with E-state index in [9.17, 15) is 9.59 Å². The average Bonchev–Trinajstić information content (AvgIpc) is 2.73. The van der Waals surface area contributed by atoms with Gasteiger partial charge in [0, 0.05) is 35.5 Å². The Morgan fingerprint density at radius 1 is 1.31 bits per heavy atom. The number of rotatable bonds is 7.